The van der Waals surface area contributed by atoms with Gasteiger partial charge in [0, 0.05) is 25.0 Å². The van der Waals surface area contributed by atoms with Gasteiger partial charge in [-0.15, -0.1) is 0 Å². The minimum atomic E-state index is -0.574. The maximum Gasteiger partial charge on any atom is 0.330 e. The molecule has 0 aromatic rings. The van der Waals surface area contributed by atoms with E-state index in [1.807, 2.05) is 27.7 Å². The Balaban J connectivity index is 4.41. The highest BCUT2D eigenvalue weighted by atomic mass is 16.6. The lowest BCUT2D eigenvalue weighted by atomic mass is 9.97. The van der Waals surface area contributed by atoms with Crippen LogP contribution >= 0.6 is 0 Å². The predicted molar refractivity (Wildman–Crippen MR) is 90.0 cm³/mol. The van der Waals surface area contributed by atoms with Crippen LogP contribution in [-0.2, 0) is 23.8 Å². The van der Waals surface area contributed by atoms with E-state index in [9.17, 15) is 9.59 Å². The summed E-state index contributed by atoms with van der Waals surface area (Å²) in [5, 5.41) is 0. The van der Waals surface area contributed by atoms with E-state index in [1.54, 1.807) is 0 Å². The molecule has 0 spiro atoms. The van der Waals surface area contributed by atoms with Crippen LogP contribution in [0, 0.1) is 0 Å². The molecule has 0 fully saturated rings. The van der Waals surface area contributed by atoms with Crippen LogP contribution in [0.4, 0.5) is 0 Å². The number of ether oxygens (including phenoxy) is 3. The molecule has 5 heteroatoms. The van der Waals surface area contributed by atoms with E-state index >= 15 is 0 Å². The molecule has 0 aromatic carbocycles. The Morgan fingerprint density at radius 3 is 1.91 bits per heavy atom. The van der Waals surface area contributed by atoms with Crippen LogP contribution in [0.1, 0.15) is 53.4 Å². The first-order valence-electron chi connectivity index (χ1n) is 8.02. The molecule has 0 amide bonds. The van der Waals surface area contributed by atoms with Gasteiger partial charge < -0.3 is 14.2 Å². The maximum absolute atomic E-state index is 11.4. The highest BCUT2D eigenvalue weighted by molar-refractivity contribution is 5.81. The van der Waals surface area contributed by atoms with E-state index in [1.165, 1.54) is 6.08 Å². The van der Waals surface area contributed by atoms with Gasteiger partial charge >= 0.3 is 11.9 Å². The summed E-state index contributed by atoms with van der Waals surface area (Å²) >= 11 is 0. The quantitative estimate of drug-likeness (QED) is 0.405. The van der Waals surface area contributed by atoms with Gasteiger partial charge in [-0.3, -0.25) is 0 Å². The molecule has 0 bridgehead atoms. The maximum atomic E-state index is 11.4. The molecular weight excluding hydrogens is 296 g/mol. The average molecular weight is 326 g/mol. The number of carbonyl (C=O) groups is 2. The summed E-state index contributed by atoms with van der Waals surface area (Å²) in [5.74, 6) is -0.859. The fourth-order valence-electron chi connectivity index (χ4n) is 1.88. The number of carbonyl (C=O) groups excluding carboxylic acids is 2. The first-order chi connectivity index (χ1) is 10.7. The average Bonchev–Trinajstić information content (AvgIpc) is 2.54. The van der Waals surface area contributed by atoms with E-state index in [0.29, 0.717) is 25.9 Å². The molecule has 0 heterocycles. The van der Waals surface area contributed by atoms with E-state index < -0.39 is 23.1 Å². The third-order valence-electron chi connectivity index (χ3n) is 4.13. The summed E-state index contributed by atoms with van der Waals surface area (Å²) in [4.78, 5) is 22.5. The highest BCUT2D eigenvalue weighted by Crippen LogP contribution is 2.25. The van der Waals surface area contributed by atoms with Crippen molar-refractivity contribution in [2.75, 3.05) is 13.2 Å². The first-order valence-corrected chi connectivity index (χ1v) is 8.02. The van der Waals surface area contributed by atoms with Crippen molar-refractivity contribution in [3.05, 3.63) is 25.3 Å². The van der Waals surface area contributed by atoms with Crippen molar-refractivity contribution < 1.29 is 23.8 Å². The summed E-state index contributed by atoms with van der Waals surface area (Å²) in [6, 6.07) is 0. The molecular formula is C18H30O5. The zero-order valence-corrected chi connectivity index (χ0v) is 14.9. The van der Waals surface area contributed by atoms with Crippen molar-refractivity contribution >= 4 is 11.9 Å². The fourth-order valence-corrected chi connectivity index (χ4v) is 1.88. The predicted octanol–water partition coefficient (Wildman–Crippen LogP) is 3.58. The Hall–Kier alpha value is -1.62. The molecule has 0 aliphatic carbocycles. The van der Waals surface area contributed by atoms with Gasteiger partial charge in [-0.25, -0.2) is 9.59 Å². The third kappa shape index (κ3) is 8.55. The molecule has 0 rings (SSSR count). The highest BCUT2D eigenvalue weighted by Gasteiger charge is 2.29. The molecule has 2 atom stereocenters. The summed E-state index contributed by atoms with van der Waals surface area (Å²) in [6.07, 6.45) is 4.97. The van der Waals surface area contributed by atoms with Crippen LogP contribution in [0.15, 0.2) is 25.3 Å². The molecule has 1 unspecified atom stereocenters. The van der Waals surface area contributed by atoms with Crippen LogP contribution in [0.2, 0.25) is 0 Å². The van der Waals surface area contributed by atoms with Gasteiger partial charge in [0.05, 0.1) is 18.8 Å². The molecule has 0 saturated heterocycles. The van der Waals surface area contributed by atoms with Gasteiger partial charge in [0.2, 0.25) is 0 Å². The van der Waals surface area contributed by atoms with Crippen LogP contribution < -0.4 is 0 Å². The van der Waals surface area contributed by atoms with E-state index in [2.05, 4.69) is 13.2 Å². The van der Waals surface area contributed by atoms with E-state index in [0.717, 1.165) is 12.5 Å². The lowest BCUT2D eigenvalue weighted by molar-refractivity contribution is -0.156. The fraction of sp³-hybridized carbons (Fsp3) is 0.667. The molecule has 23 heavy (non-hydrogen) atoms. The molecule has 5 nitrogen and oxygen atoms in total. The normalized spacial score (nSPS) is 15.8. The van der Waals surface area contributed by atoms with Crippen molar-refractivity contribution in [1.29, 1.82) is 0 Å². The Morgan fingerprint density at radius 2 is 1.43 bits per heavy atom. The number of hydrogen-bond donors (Lipinski definition) is 0. The number of hydrogen-bond acceptors (Lipinski definition) is 5. The van der Waals surface area contributed by atoms with Gasteiger partial charge in [0.25, 0.3) is 0 Å². The van der Waals surface area contributed by atoms with Crippen LogP contribution in [0.5, 0.6) is 0 Å². The van der Waals surface area contributed by atoms with Crippen molar-refractivity contribution in [2.24, 2.45) is 0 Å². The summed E-state index contributed by atoms with van der Waals surface area (Å²) in [5.41, 5.74) is -0.965. The van der Waals surface area contributed by atoms with E-state index in [-0.39, 0.29) is 6.61 Å². The van der Waals surface area contributed by atoms with Gasteiger partial charge in [-0.1, -0.05) is 27.0 Å². The topological polar surface area (TPSA) is 61.8 Å². The SMILES string of the molecule is C=CC(=O)OCCC(C)(CC)OCC[C@](C)(CC)OC(=O)C=C. The van der Waals surface area contributed by atoms with Crippen LogP contribution in [-0.4, -0.2) is 36.4 Å². The molecule has 0 aliphatic rings. The zero-order chi connectivity index (χ0) is 17.9. The Bertz CT molecular complexity index is 418. The number of esters is 2. The summed E-state index contributed by atoms with van der Waals surface area (Å²) < 4.78 is 16.4. The van der Waals surface area contributed by atoms with Crippen molar-refractivity contribution in [1.82, 2.24) is 0 Å². The van der Waals surface area contributed by atoms with Gasteiger partial charge in [-0.2, -0.15) is 0 Å². The second kappa shape index (κ2) is 10.2. The molecule has 132 valence electrons. The van der Waals surface area contributed by atoms with Gasteiger partial charge in [-0.05, 0) is 26.7 Å². The standard InChI is InChI=1S/C18H30O5/c1-7-15(19)21-13-11-17(5,9-3)22-14-12-18(6,10-4)23-16(20)8-2/h7-8H,1-2,9-14H2,3-6H3/t17?,18-/m0/s1. The smallest absolute Gasteiger partial charge is 0.330 e. The van der Waals surface area contributed by atoms with Gasteiger partial charge in [0.15, 0.2) is 0 Å². The lowest BCUT2D eigenvalue weighted by Gasteiger charge is -2.32. The zero-order valence-electron chi connectivity index (χ0n) is 14.9. The Morgan fingerprint density at radius 1 is 0.913 bits per heavy atom. The second-order valence-electron chi connectivity index (χ2n) is 5.95. The monoisotopic (exact) mass is 326 g/mol. The second-order valence-corrected chi connectivity index (χ2v) is 5.95. The summed E-state index contributed by atoms with van der Waals surface area (Å²) in [7, 11) is 0. The third-order valence-corrected chi connectivity index (χ3v) is 4.13. The molecule has 0 radical (unpaired) electrons. The van der Waals surface area contributed by atoms with Crippen LogP contribution in [0.3, 0.4) is 0 Å². The van der Waals surface area contributed by atoms with Gasteiger partial charge in [0.1, 0.15) is 5.60 Å². The molecule has 0 N–H and O–H groups in total. The van der Waals surface area contributed by atoms with E-state index in [4.69, 9.17) is 14.2 Å². The molecule has 0 aliphatic heterocycles. The minimum Gasteiger partial charge on any atom is -0.462 e. The Labute approximate surface area is 139 Å². The van der Waals surface area contributed by atoms with Crippen molar-refractivity contribution in [3.8, 4) is 0 Å². The first kappa shape index (κ1) is 21.4. The minimum absolute atomic E-state index is 0.283. The lowest BCUT2D eigenvalue weighted by Crippen LogP contribution is -2.35. The van der Waals surface area contributed by atoms with Crippen molar-refractivity contribution in [3.63, 3.8) is 0 Å². The molecule has 0 aromatic heterocycles. The summed E-state index contributed by atoms with van der Waals surface area (Å²) in [6.45, 7) is 15.4. The molecule has 0 saturated carbocycles. The van der Waals surface area contributed by atoms with Crippen molar-refractivity contribution in [2.45, 2.75) is 64.6 Å². The number of rotatable bonds is 12. The Kier molecular flexibility index (Phi) is 9.49. The largest absolute Gasteiger partial charge is 0.462 e. The van der Waals surface area contributed by atoms with Crippen LogP contribution in [0.25, 0.3) is 0 Å².